The van der Waals surface area contributed by atoms with Crippen molar-refractivity contribution >= 4 is 0 Å². The Bertz CT molecular complexity index is 183. The quantitative estimate of drug-likeness (QED) is 0.652. The third-order valence-electron chi connectivity index (χ3n) is 2.90. The lowest BCUT2D eigenvalue weighted by molar-refractivity contribution is -0.0132. The van der Waals surface area contributed by atoms with Crippen LogP contribution in [-0.4, -0.2) is 49.7 Å². The molecular formula is C12H25NO3. The fourth-order valence-corrected chi connectivity index (χ4v) is 1.77. The fourth-order valence-electron chi connectivity index (χ4n) is 1.77. The smallest absolute Gasteiger partial charge is 0.0809 e. The molecule has 0 aromatic carbocycles. The maximum atomic E-state index is 9.33. The molecule has 0 spiro atoms. The summed E-state index contributed by atoms with van der Waals surface area (Å²) in [6, 6.07) is 0. The monoisotopic (exact) mass is 231 g/mol. The summed E-state index contributed by atoms with van der Waals surface area (Å²) < 4.78 is 11.1. The largest absolute Gasteiger partial charge is 0.394 e. The van der Waals surface area contributed by atoms with Gasteiger partial charge >= 0.3 is 0 Å². The van der Waals surface area contributed by atoms with Crippen molar-refractivity contribution in [2.75, 3.05) is 33.0 Å². The second kappa shape index (κ2) is 7.22. The summed E-state index contributed by atoms with van der Waals surface area (Å²) in [5.74, 6) is 0. The van der Waals surface area contributed by atoms with E-state index < -0.39 is 0 Å². The Morgan fingerprint density at radius 2 is 2.38 bits per heavy atom. The highest BCUT2D eigenvalue weighted by Crippen LogP contribution is 2.13. The van der Waals surface area contributed by atoms with Gasteiger partial charge in [0.1, 0.15) is 0 Å². The highest BCUT2D eigenvalue weighted by Gasteiger charge is 2.24. The molecule has 2 unspecified atom stereocenters. The van der Waals surface area contributed by atoms with Gasteiger partial charge in [0, 0.05) is 6.61 Å². The van der Waals surface area contributed by atoms with Crippen LogP contribution in [-0.2, 0) is 9.47 Å². The zero-order valence-electron chi connectivity index (χ0n) is 10.5. The number of hydrogen-bond donors (Lipinski definition) is 2. The van der Waals surface area contributed by atoms with Crippen LogP contribution in [0.15, 0.2) is 0 Å². The van der Waals surface area contributed by atoms with E-state index in [0.717, 1.165) is 32.4 Å². The molecule has 96 valence electrons. The molecule has 4 nitrogen and oxygen atoms in total. The Balaban J connectivity index is 2.16. The summed E-state index contributed by atoms with van der Waals surface area (Å²) in [5.41, 5.74) is -0.325. The predicted molar refractivity (Wildman–Crippen MR) is 63.6 cm³/mol. The fraction of sp³-hybridized carbons (Fsp3) is 1.00. The average Bonchev–Trinajstić information content (AvgIpc) is 2.79. The predicted octanol–water partition coefficient (Wildman–Crippen LogP) is 0.933. The first-order valence-electron chi connectivity index (χ1n) is 6.25. The van der Waals surface area contributed by atoms with Gasteiger partial charge in [0.15, 0.2) is 0 Å². The van der Waals surface area contributed by atoms with Crippen molar-refractivity contribution < 1.29 is 14.6 Å². The molecule has 0 aliphatic carbocycles. The van der Waals surface area contributed by atoms with Gasteiger partial charge < -0.3 is 19.9 Å². The molecular weight excluding hydrogens is 206 g/mol. The first kappa shape index (κ1) is 13.9. The topological polar surface area (TPSA) is 50.7 Å². The molecule has 2 N–H and O–H groups in total. The van der Waals surface area contributed by atoms with Gasteiger partial charge in [0.05, 0.1) is 31.5 Å². The van der Waals surface area contributed by atoms with Gasteiger partial charge in [-0.1, -0.05) is 6.92 Å². The molecule has 1 heterocycles. The summed E-state index contributed by atoms with van der Waals surface area (Å²) >= 11 is 0. The van der Waals surface area contributed by atoms with E-state index in [1.807, 2.05) is 6.92 Å². The Morgan fingerprint density at radius 3 is 2.94 bits per heavy atom. The second-order valence-electron chi connectivity index (χ2n) is 4.80. The summed E-state index contributed by atoms with van der Waals surface area (Å²) in [5, 5.41) is 12.6. The molecule has 2 atom stereocenters. The Kier molecular flexibility index (Phi) is 6.28. The van der Waals surface area contributed by atoms with E-state index in [9.17, 15) is 5.11 Å². The minimum Gasteiger partial charge on any atom is -0.394 e. The van der Waals surface area contributed by atoms with Crippen molar-refractivity contribution in [2.24, 2.45) is 0 Å². The molecule has 1 rings (SSSR count). The third-order valence-corrected chi connectivity index (χ3v) is 2.90. The number of aliphatic hydroxyl groups is 1. The molecule has 0 amide bonds. The van der Waals surface area contributed by atoms with Gasteiger partial charge in [-0.2, -0.15) is 0 Å². The molecule has 4 heteroatoms. The highest BCUT2D eigenvalue weighted by atomic mass is 16.5. The molecule has 0 aromatic rings. The number of hydrogen-bond acceptors (Lipinski definition) is 4. The summed E-state index contributed by atoms with van der Waals surface area (Å²) in [7, 11) is 0. The maximum absolute atomic E-state index is 9.33. The molecule has 16 heavy (non-hydrogen) atoms. The molecule has 0 aromatic heterocycles. The standard InChI is InChI=1S/C12H25NO3/c1-3-6-13-12(2,9-14)10-15-8-11-5-4-7-16-11/h11,13-14H,3-10H2,1-2H3. The normalized spacial score (nSPS) is 24.6. The lowest BCUT2D eigenvalue weighted by atomic mass is 10.1. The average molecular weight is 231 g/mol. The van der Waals surface area contributed by atoms with Gasteiger partial charge in [-0.25, -0.2) is 0 Å². The first-order valence-corrected chi connectivity index (χ1v) is 6.25. The van der Waals surface area contributed by atoms with Gasteiger partial charge in [0.2, 0.25) is 0 Å². The van der Waals surface area contributed by atoms with Gasteiger partial charge in [-0.15, -0.1) is 0 Å². The lowest BCUT2D eigenvalue weighted by Gasteiger charge is -2.29. The van der Waals surface area contributed by atoms with Crippen molar-refractivity contribution in [1.82, 2.24) is 5.32 Å². The van der Waals surface area contributed by atoms with Crippen LogP contribution in [0.3, 0.4) is 0 Å². The Labute approximate surface area is 98.3 Å². The van der Waals surface area contributed by atoms with Crippen molar-refractivity contribution in [3.05, 3.63) is 0 Å². The van der Waals surface area contributed by atoms with E-state index in [0.29, 0.717) is 13.2 Å². The van der Waals surface area contributed by atoms with Gasteiger partial charge in [0.25, 0.3) is 0 Å². The Hall–Kier alpha value is -0.160. The van der Waals surface area contributed by atoms with E-state index in [4.69, 9.17) is 9.47 Å². The number of nitrogens with one attached hydrogen (secondary N) is 1. The summed E-state index contributed by atoms with van der Waals surface area (Å²) in [4.78, 5) is 0. The van der Waals surface area contributed by atoms with Gasteiger partial charge in [-0.05, 0) is 32.7 Å². The lowest BCUT2D eigenvalue weighted by Crippen LogP contribution is -2.50. The number of aliphatic hydroxyl groups excluding tert-OH is 1. The highest BCUT2D eigenvalue weighted by molar-refractivity contribution is 4.82. The van der Waals surface area contributed by atoms with E-state index in [-0.39, 0.29) is 18.2 Å². The Morgan fingerprint density at radius 1 is 1.56 bits per heavy atom. The zero-order chi connectivity index (χ0) is 11.9. The van der Waals surface area contributed by atoms with E-state index in [1.54, 1.807) is 0 Å². The van der Waals surface area contributed by atoms with E-state index in [2.05, 4.69) is 12.2 Å². The van der Waals surface area contributed by atoms with Crippen LogP contribution in [0.5, 0.6) is 0 Å². The van der Waals surface area contributed by atoms with Crippen molar-refractivity contribution in [3.8, 4) is 0 Å². The first-order chi connectivity index (χ1) is 7.70. The second-order valence-corrected chi connectivity index (χ2v) is 4.80. The summed E-state index contributed by atoms with van der Waals surface area (Å²) in [6.45, 7) is 7.13. The summed E-state index contributed by atoms with van der Waals surface area (Å²) in [6.07, 6.45) is 3.55. The maximum Gasteiger partial charge on any atom is 0.0809 e. The van der Waals surface area contributed by atoms with Crippen molar-refractivity contribution in [1.29, 1.82) is 0 Å². The molecule has 1 saturated heterocycles. The molecule has 1 aliphatic rings. The van der Waals surface area contributed by atoms with Gasteiger partial charge in [-0.3, -0.25) is 0 Å². The zero-order valence-corrected chi connectivity index (χ0v) is 10.5. The minimum absolute atomic E-state index is 0.0958. The molecule has 0 radical (unpaired) electrons. The third kappa shape index (κ3) is 4.78. The van der Waals surface area contributed by atoms with Crippen LogP contribution < -0.4 is 5.32 Å². The SMILES string of the molecule is CCCNC(C)(CO)COCC1CCCO1. The number of rotatable bonds is 8. The number of ether oxygens (including phenoxy) is 2. The minimum atomic E-state index is -0.325. The van der Waals surface area contributed by atoms with E-state index >= 15 is 0 Å². The van der Waals surface area contributed by atoms with Crippen LogP contribution in [0.4, 0.5) is 0 Å². The molecule has 1 fully saturated rings. The molecule has 0 saturated carbocycles. The van der Waals surface area contributed by atoms with Crippen LogP contribution in [0.1, 0.15) is 33.1 Å². The van der Waals surface area contributed by atoms with Crippen LogP contribution in [0, 0.1) is 0 Å². The van der Waals surface area contributed by atoms with Crippen molar-refractivity contribution in [3.63, 3.8) is 0 Å². The van der Waals surface area contributed by atoms with Crippen molar-refractivity contribution in [2.45, 2.75) is 44.8 Å². The van der Waals surface area contributed by atoms with E-state index in [1.165, 1.54) is 0 Å². The molecule has 1 aliphatic heterocycles. The van der Waals surface area contributed by atoms with Crippen LogP contribution >= 0.6 is 0 Å². The molecule has 0 bridgehead atoms. The van der Waals surface area contributed by atoms with Crippen LogP contribution in [0.2, 0.25) is 0 Å². The van der Waals surface area contributed by atoms with Crippen LogP contribution in [0.25, 0.3) is 0 Å².